The molecule has 3 aromatic rings. The molecule has 0 unspecified atom stereocenters. The summed E-state index contributed by atoms with van der Waals surface area (Å²) < 4.78 is 0. The number of hydrogen-bond acceptors (Lipinski definition) is 3. The standard InChI is InChI=1S/C17H13N3/c1-2-6-13-12(5-1)11-17-16(19-13)9-8-15(20-17)14-7-3-4-10-18-14/h1-10,19H,11H2. The zero-order valence-corrected chi connectivity index (χ0v) is 10.9. The van der Waals surface area contributed by atoms with Gasteiger partial charge in [0.05, 0.1) is 22.8 Å². The first-order valence-electron chi connectivity index (χ1n) is 6.66. The lowest BCUT2D eigenvalue weighted by molar-refractivity contribution is 1.05. The highest BCUT2D eigenvalue weighted by molar-refractivity contribution is 5.72. The maximum atomic E-state index is 4.76. The van der Waals surface area contributed by atoms with Crippen LogP contribution < -0.4 is 5.32 Å². The molecule has 3 heterocycles. The van der Waals surface area contributed by atoms with E-state index in [9.17, 15) is 0 Å². The fourth-order valence-corrected chi connectivity index (χ4v) is 2.53. The summed E-state index contributed by atoms with van der Waals surface area (Å²) in [6.45, 7) is 0. The smallest absolute Gasteiger partial charge is 0.0891 e. The van der Waals surface area contributed by atoms with Crippen LogP contribution in [0.15, 0.2) is 60.8 Å². The van der Waals surface area contributed by atoms with Crippen LogP contribution in [0.25, 0.3) is 11.4 Å². The molecule has 4 rings (SSSR count). The summed E-state index contributed by atoms with van der Waals surface area (Å²) in [6.07, 6.45) is 2.66. The predicted octanol–water partition coefficient (Wildman–Crippen LogP) is 3.79. The molecular formula is C17H13N3. The van der Waals surface area contributed by atoms with Crippen LogP contribution in [0.5, 0.6) is 0 Å². The van der Waals surface area contributed by atoms with Crippen molar-refractivity contribution < 1.29 is 0 Å². The van der Waals surface area contributed by atoms with Crippen molar-refractivity contribution >= 4 is 11.4 Å². The second-order valence-corrected chi connectivity index (χ2v) is 4.86. The van der Waals surface area contributed by atoms with Gasteiger partial charge in [-0.05, 0) is 35.9 Å². The number of para-hydroxylation sites is 1. The summed E-state index contributed by atoms with van der Waals surface area (Å²) in [6, 6.07) is 18.3. The summed E-state index contributed by atoms with van der Waals surface area (Å²) in [7, 11) is 0. The van der Waals surface area contributed by atoms with E-state index in [-0.39, 0.29) is 0 Å². The third-order valence-electron chi connectivity index (χ3n) is 3.55. The molecule has 0 atom stereocenters. The van der Waals surface area contributed by atoms with E-state index in [2.05, 4.69) is 34.6 Å². The molecule has 0 saturated carbocycles. The Balaban J connectivity index is 1.77. The van der Waals surface area contributed by atoms with Gasteiger partial charge in [0.25, 0.3) is 0 Å². The van der Waals surface area contributed by atoms with E-state index < -0.39 is 0 Å². The van der Waals surface area contributed by atoms with Crippen LogP contribution in [0.2, 0.25) is 0 Å². The number of benzene rings is 1. The van der Waals surface area contributed by atoms with Crippen LogP contribution in [-0.4, -0.2) is 9.97 Å². The van der Waals surface area contributed by atoms with Gasteiger partial charge in [-0.2, -0.15) is 0 Å². The van der Waals surface area contributed by atoms with E-state index in [0.29, 0.717) is 0 Å². The third-order valence-corrected chi connectivity index (χ3v) is 3.55. The van der Waals surface area contributed by atoms with Crippen LogP contribution in [-0.2, 0) is 6.42 Å². The Hall–Kier alpha value is -2.68. The quantitative estimate of drug-likeness (QED) is 0.565. The van der Waals surface area contributed by atoms with Crippen LogP contribution in [0.4, 0.5) is 11.4 Å². The monoisotopic (exact) mass is 259 g/mol. The third kappa shape index (κ3) is 1.84. The molecule has 3 nitrogen and oxygen atoms in total. The van der Waals surface area contributed by atoms with Crippen molar-refractivity contribution in [3.63, 3.8) is 0 Å². The van der Waals surface area contributed by atoms with Crippen molar-refractivity contribution in [1.82, 2.24) is 9.97 Å². The lowest BCUT2D eigenvalue weighted by atomic mass is 10.0. The van der Waals surface area contributed by atoms with Gasteiger partial charge in [-0.15, -0.1) is 0 Å². The first-order chi connectivity index (χ1) is 9.90. The Bertz CT molecular complexity index is 766. The van der Waals surface area contributed by atoms with Gasteiger partial charge in [-0.1, -0.05) is 24.3 Å². The van der Waals surface area contributed by atoms with Gasteiger partial charge < -0.3 is 5.32 Å². The van der Waals surface area contributed by atoms with Gasteiger partial charge >= 0.3 is 0 Å². The molecule has 1 aliphatic heterocycles. The molecule has 20 heavy (non-hydrogen) atoms. The summed E-state index contributed by atoms with van der Waals surface area (Å²) in [5.41, 5.74) is 6.45. The summed E-state index contributed by atoms with van der Waals surface area (Å²) in [5, 5.41) is 3.44. The molecule has 3 heteroatoms. The molecule has 1 aromatic carbocycles. The molecule has 0 fully saturated rings. The highest BCUT2D eigenvalue weighted by atomic mass is 14.9. The molecule has 1 N–H and O–H groups in total. The minimum absolute atomic E-state index is 0.860. The highest BCUT2D eigenvalue weighted by Gasteiger charge is 2.16. The number of pyridine rings is 2. The van der Waals surface area contributed by atoms with Gasteiger partial charge in [0.15, 0.2) is 0 Å². The fourth-order valence-electron chi connectivity index (χ4n) is 2.53. The van der Waals surface area contributed by atoms with E-state index in [1.165, 1.54) is 11.3 Å². The Morgan fingerprint density at radius 3 is 2.60 bits per heavy atom. The van der Waals surface area contributed by atoms with Gasteiger partial charge in [0.1, 0.15) is 0 Å². The van der Waals surface area contributed by atoms with E-state index in [0.717, 1.165) is 29.2 Å². The minimum Gasteiger partial charge on any atom is -0.354 e. The van der Waals surface area contributed by atoms with Gasteiger partial charge in [-0.25, -0.2) is 4.98 Å². The molecule has 0 radical (unpaired) electrons. The molecule has 0 bridgehead atoms. The highest BCUT2D eigenvalue weighted by Crippen LogP contribution is 2.32. The Morgan fingerprint density at radius 1 is 0.800 bits per heavy atom. The molecule has 96 valence electrons. The summed E-state index contributed by atoms with van der Waals surface area (Å²) >= 11 is 0. The van der Waals surface area contributed by atoms with E-state index in [1.807, 2.05) is 30.3 Å². The number of anilines is 2. The van der Waals surface area contributed by atoms with Crippen molar-refractivity contribution in [2.24, 2.45) is 0 Å². The Morgan fingerprint density at radius 2 is 1.70 bits per heavy atom. The second-order valence-electron chi connectivity index (χ2n) is 4.86. The SMILES string of the molecule is c1ccc(-c2ccc3c(n2)Cc2ccccc2N3)nc1. The lowest BCUT2D eigenvalue weighted by Gasteiger charge is -2.20. The molecule has 0 saturated heterocycles. The van der Waals surface area contributed by atoms with Gasteiger partial charge in [0.2, 0.25) is 0 Å². The molecule has 0 aliphatic carbocycles. The number of hydrogen-bond donors (Lipinski definition) is 1. The average Bonchev–Trinajstić information content (AvgIpc) is 2.53. The largest absolute Gasteiger partial charge is 0.354 e. The van der Waals surface area contributed by atoms with E-state index >= 15 is 0 Å². The van der Waals surface area contributed by atoms with E-state index in [1.54, 1.807) is 6.20 Å². The Labute approximate surface area is 117 Å². The molecular weight excluding hydrogens is 246 g/mol. The number of aromatic nitrogens is 2. The first kappa shape index (κ1) is 11.2. The van der Waals surface area contributed by atoms with Gasteiger partial charge in [0, 0.05) is 18.3 Å². The number of nitrogens with one attached hydrogen (secondary N) is 1. The average molecular weight is 259 g/mol. The van der Waals surface area contributed by atoms with Crippen molar-refractivity contribution in [2.75, 3.05) is 5.32 Å². The van der Waals surface area contributed by atoms with Crippen LogP contribution in [0.1, 0.15) is 11.3 Å². The Kier molecular flexibility index (Phi) is 2.49. The minimum atomic E-state index is 0.860. The van der Waals surface area contributed by atoms with Gasteiger partial charge in [-0.3, -0.25) is 4.98 Å². The number of nitrogens with zero attached hydrogens (tertiary/aromatic N) is 2. The summed E-state index contributed by atoms with van der Waals surface area (Å²) in [5.74, 6) is 0. The molecule has 0 spiro atoms. The molecule has 0 amide bonds. The fraction of sp³-hybridized carbons (Fsp3) is 0.0588. The van der Waals surface area contributed by atoms with Crippen LogP contribution in [0.3, 0.4) is 0 Å². The topological polar surface area (TPSA) is 37.8 Å². The van der Waals surface area contributed by atoms with Crippen molar-refractivity contribution in [2.45, 2.75) is 6.42 Å². The maximum Gasteiger partial charge on any atom is 0.0891 e. The maximum absolute atomic E-state index is 4.76. The number of rotatable bonds is 1. The molecule has 2 aromatic heterocycles. The van der Waals surface area contributed by atoms with Crippen molar-refractivity contribution in [1.29, 1.82) is 0 Å². The van der Waals surface area contributed by atoms with Crippen LogP contribution in [0, 0.1) is 0 Å². The molecule has 1 aliphatic rings. The van der Waals surface area contributed by atoms with E-state index in [4.69, 9.17) is 4.98 Å². The first-order valence-corrected chi connectivity index (χ1v) is 6.66. The van der Waals surface area contributed by atoms with Crippen LogP contribution >= 0.6 is 0 Å². The zero-order chi connectivity index (χ0) is 13.4. The predicted molar refractivity (Wildman–Crippen MR) is 80.0 cm³/mol. The second kappa shape index (κ2) is 4.46. The normalized spacial score (nSPS) is 12.2. The summed E-state index contributed by atoms with van der Waals surface area (Å²) in [4.78, 5) is 9.12. The van der Waals surface area contributed by atoms with Crippen molar-refractivity contribution in [3.05, 3.63) is 72.1 Å². The number of fused-ring (bicyclic) bond motifs is 2. The lowest BCUT2D eigenvalue weighted by Crippen LogP contribution is -2.08. The zero-order valence-electron chi connectivity index (χ0n) is 10.9. The van der Waals surface area contributed by atoms with Crippen molar-refractivity contribution in [3.8, 4) is 11.4 Å².